The average Bonchev–Trinajstić information content (AvgIpc) is 2.98. The Balaban J connectivity index is 1.64. The van der Waals surface area contributed by atoms with Crippen LogP contribution in [0, 0.1) is 5.92 Å². The van der Waals surface area contributed by atoms with Crippen molar-refractivity contribution in [3.8, 4) is 5.75 Å². The molecule has 0 unspecified atom stereocenters. The number of ether oxygens (including phenoxy) is 1. The van der Waals surface area contributed by atoms with E-state index < -0.39 is 0 Å². The van der Waals surface area contributed by atoms with Gasteiger partial charge in [0.2, 0.25) is 5.91 Å². The molecule has 1 fully saturated rings. The van der Waals surface area contributed by atoms with Gasteiger partial charge in [-0.3, -0.25) is 9.18 Å². The number of halogens is 2. The third-order valence-electron chi connectivity index (χ3n) is 4.68. The van der Waals surface area contributed by atoms with E-state index in [4.69, 9.17) is 16.3 Å². The van der Waals surface area contributed by atoms with E-state index in [1.54, 1.807) is 4.90 Å². The summed E-state index contributed by atoms with van der Waals surface area (Å²) in [6.45, 7) is 0.474. The van der Waals surface area contributed by atoms with Crippen LogP contribution in [0.25, 0.3) is 0 Å². The number of carbonyl (C=O) groups is 1. The SMILES string of the molecule is O=C(CCl)N1CCc2cc(OC3CCC(CF)CC3)ccc21. The highest BCUT2D eigenvalue weighted by molar-refractivity contribution is 6.29. The van der Waals surface area contributed by atoms with Crippen LogP contribution in [-0.2, 0) is 11.2 Å². The smallest absolute Gasteiger partial charge is 0.241 e. The summed E-state index contributed by atoms with van der Waals surface area (Å²) in [5.41, 5.74) is 2.08. The summed E-state index contributed by atoms with van der Waals surface area (Å²) in [4.78, 5) is 13.5. The summed E-state index contributed by atoms with van der Waals surface area (Å²) < 4.78 is 18.7. The molecular weight excluding hydrogens is 305 g/mol. The van der Waals surface area contributed by atoms with Gasteiger partial charge in [0.15, 0.2) is 0 Å². The van der Waals surface area contributed by atoms with Gasteiger partial charge in [0.05, 0.1) is 12.8 Å². The molecule has 1 aromatic rings. The first-order valence-corrected chi connectivity index (χ1v) is 8.46. The van der Waals surface area contributed by atoms with Crippen LogP contribution in [0.15, 0.2) is 18.2 Å². The Morgan fingerprint density at radius 1 is 1.32 bits per heavy atom. The molecule has 0 N–H and O–H groups in total. The second-order valence-electron chi connectivity index (χ2n) is 6.13. The molecule has 1 heterocycles. The lowest BCUT2D eigenvalue weighted by Crippen LogP contribution is -2.29. The van der Waals surface area contributed by atoms with Crippen molar-refractivity contribution >= 4 is 23.2 Å². The Morgan fingerprint density at radius 3 is 2.77 bits per heavy atom. The number of amides is 1. The Kier molecular flexibility index (Phi) is 4.87. The van der Waals surface area contributed by atoms with Gasteiger partial charge in [0.25, 0.3) is 0 Å². The maximum atomic E-state index is 12.6. The maximum Gasteiger partial charge on any atom is 0.241 e. The number of hydrogen-bond donors (Lipinski definition) is 0. The number of benzene rings is 1. The van der Waals surface area contributed by atoms with Crippen molar-refractivity contribution in [3.63, 3.8) is 0 Å². The highest BCUT2D eigenvalue weighted by Gasteiger charge is 2.26. The summed E-state index contributed by atoms with van der Waals surface area (Å²) >= 11 is 5.64. The molecule has 3 rings (SSSR count). The third kappa shape index (κ3) is 3.22. The number of fused-ring (bicyclic) bond motifs is 1. The second-order valence-corrected chi connectivity index (χ2v) is 6.40. The number of anilines is 1. The Morgan fingerprint density at radius 2 is 2.09 bits per heavy atom. The standard InChI is InChI=1S/C17H21ClFNO2/c18-10-17(21)20-8-7-13-9-15(5-6-16(13)20)22-14-3-1-12(11-19)2-4-14/h5-6,9,12,14H,1-4,7-8,10-11H2. The molecule has 0 radical (unpaired) electrons. The fourth-order valence-corrected chi connectivity index (χ4v) is 3.52. The van der Waals surface area contributed by atoms with Crippen LogP contribution in [0.1, 0.15) is 31.2 Å². The maximum absolute atomic E-state index is 12.6. The van der Waals surface area contributed by atoms with Gasteiger partial charge in [-0.2, -0.15) is 0 Å². The number of hydrogen-bond acceptors (Lipinski definition) is 2. The van der Waals surface area contributed by atoms with Crippen molar-refractivity contribution in [2.75, 3.05) is 24.0 Å². The van der Waals surface area contributed by atoms with E-state index in [-0.39, 0.29) is 30.5 Å². The molecule has 1 amide bonds. The lowest BCUT2D eigenvalue weighted by molar-refractivity contribution is -0.116. The Hall–Kier alpha value is -1.29. The van der Waals surface area contributed by atoms with Gasteiger partial charge in [0.1, 0.15) is 11.6 Å². The predicted molar refractivity (Wildman–Crippen MR) is 85.6 cm³/mol. The van der Waals surface area contributed by atoms with E-state index in [0.29, 0.717) is 6.54 Å². The van der Waals surface area contributed by atoms with Crippen molar-refractivity contribution in [2.45, 2.75) is 38.2 Å². The van der Waals surface area contributed by atoms with E-state index in [0.717, 1.165) is 49.1 Å². The summed E-state index contributed by atoms with van der Waals surface area (Å²) in [5.74, 6) is 1.02. The first-order chi connectivity index (χ1) is 10.7. The van der Waals surface area contributed by atoms with Crippen LogP contribution in [0.4, 0.5) is 10.1 Å². The quantitative estimate of drug-likeness (QED) is 0.790. The van der Waals surface area contributed by atoms with Crippen molar-refractivity contribution in [2.24, 2.45) is 5.92 Å². The average molecular weight is 326 g/mol. The minimum atomic E-state index is -0.212. The molecular formula is C17H21ClFNO2. The zero-order chi connectivity index (χ0) is 15.5. The fourth-order valence-electron chi connectivity index (χ4n) is 3.38. The Labute approximate surface area is 135 Å². The summed E-state index contributed by atoms with van der Waals surface area (Å²) in [6, 6.07) is 5.88. The summed E-state index contributed by atoms with van der Waals surface area (Å²) in [7, 11) is 0. The summed E-state index contributed by atoms with van der Waals surface area (Å²) in [6.07, 6.45) is 4.67. The fraction of sp³-hybridized carbons (Fsp3) is 0.588. The highest BCUT2D eigenvalue weighted by atomic mass is 35.5. The molecule has 0 spiro atoms. The number of carbonyl (C=O) groups excluding carboxylic acids is 1. The molecule has 3 nitrogen and oxygen atoms in total. The Bertz CT molecular complexity index is 543. The van der Waals surface area contributed by atoms with E-state index >= 15 is 0 Å². The molecule has 5 heteroatoms. The minimum Gasteiger partial charge on any atom is -0.490 e. The highest BCUT2D eigenvalue weighted by Crippen LogP contribution is 2.33. The van der Waals surface area contributed by atoms with Gasteiger partial charge in [-0.05, 0) is 61.8 Å². The largest absolute Gasteiger partial charge is 0.490 e. The topological polar surface area (TPSA) is 29.5 Å². The first kappa shape index (κ1) is 15.6. The molecule has 0 aromatic heterocycles. The molecule has 1 saturated carbocycles. The molecule has 22 heavy (non-hydrogen) atoms. The van der Waals surface area contributed by atoms with Gasteiger partial charge < -0.3 is 9.64 Å². The van der Waals surface area contributed by atoms with Gasteiger partial charge >= 0.3 is 0 Å². The van der Waals surface area contributed by atoms with E-state index in [1.165, 1.54) is 0 Å². The van der Waals surface area contributed by atoms with Gasteiger partial charge in [0, 0.05) is 12.2 Å². The molecule has 0 atom stereocenters. The van der Waals surface area contributed by atoms with Gasteiger partial charge in [-0.1, -0.05) is 0 Å². The number of rotatable bonds is 4. The zero-order valence-corrected chi connectivity index (χ0v) is 13.3. The normalized spacial score (nSPS) is 24.2. The van der Waals surface area contributed by atoms with Crippen LogP contribution in [-0.4, -0.2) is 31.1 Å². The zero-order valence-electron chi connectivity index (χ0n) is 12.6. The molecule has 0 bridgehead atoms. The molecule has 120 valence electrons. The van der Waals surface area contributed by atoms with E-state index in [9.17, 15) is 9.18 Å². The molecule has 1 aromatic carbocycles. The lowest BCUT2D eigenvalue weighted by Gasteiger charge is -2.27. The van der Waals surface area contributed by atoms with E-state index in [2.05, 4.69) is 0 Å². The van der Waals surface area contributed by atoms with Crippen molar-refractivity contribution in [1.29, 1.82) is 0 Å². The minimum absolute atomic E-state index is 0.00943. The summed E-state index contributed by atoms with van der Waals surface area (Å²) in [5, 5.41) is 0. The van der Waals surface area contributed by atoms with Gasteiger partial charge in [-0.15, -0.1) is 11.6 Å². The second kappa shape index (κ2) is 6.86. The van der Waals surface area contributed by atoms with Gasteiger partial charge in [-0.25, -0.2) is 0 Å². The van der Waals surface area contributed by atoms with Crippen LogP contribution in [0.5, 0.6) is 5.75 Å². The first-order valence-electron chi connectivity index (χ1n) is 7.93. The van der Waals surface area contributed by atoms with Crippen LogP contribution < -0.4 is 9.64 Å². The molecule has 0 saturated heterocycles. The van der Waals surface area contributed by atoms with Crippen molar-refractivity contribution in [3.05, 3.63) is 23.8 Å². The number of alkyl halides is 2. The predicted octanol–water partition coefficient (Wildman–Crippen LogP) is 3.72. The third-order valence-corrected chi connectivity index (χ3v) is 4.91. The van der Waals surface area contributed by atoms with Crippen LogP contribution >= 0.6 is 11.6 Å². The number of nitrogens with zero attached hydrogens (tertiary/aromatic N) is 1. The molecule has 1 aliphatic heterocycles. The monoisotopic (exact) mass is 325 g/mol. The van der Waals surface area contributed by atoms with Crippen LogP contribution in [0.3, 0.4) is 0 Å². The van der Waals surface area contributed by atoms with E-state index in [1.807, 2.05) is 18.2 Å². The lowest BCUT2D eigenvalue weighted by atomic mass is 9.88. The van der Waals surface area contributed by atoms with Crippen molar-refractivity contribution < 1.29 is 13.9 Å². The molecule has 2 aliphatic rings. The van der Waals surface area contributed by atoms with Crippen molar-refractivity contribution in [1.82, 2.24) is 0 Å². The van der Waals surface area contributed by atoms with Crippen LogP contribution in [0.2, 0.25) is 0 Å². The molecule has 1 aliphatic carbocycles.